The number of rotatable bonds is 6. The third-order valence-electron chi connectivity index (χ3n) is 4.77. The summed E-state index contributed by atoms with van der Waals surface area (Å²) in [6.07, 6.45) is 8.07. The Balaban J connectivity index is 1.48. The van der Waals surface area contributed by atoms with Gasteiger partial charge in [0.2, 0.25) is 5.91 Å². The van der Waals surface area contributed by atoms with Gasteiger partial charge in [0, 0.05) is 25.8 Å². The van der Waals surface area contributed by atoms with E-state index in [0.717, 1.165) is 44.6 Å². The predicted octanol–water partition coefficient (Wildman–Crippen LogP) is 1.57. The molecule has 1 aliphatic heterocycles. The molecule has 0 N–H and O–H groups in total. The van der Waals surface area contributed by atoms with Crippen LogP contribution in [0.25, 0.3) is 0 Å². The summed E-state index contributed by atoms with van der Waals surface area (Å²) < 4.78 is 3.57. The number of amides is 1. The molecule has 0 bridgehead atoms. The van der Waals surface area contributed by atoms with Crippen molar-refractivity contribution in [2.75, 3.05) is 13.1 Å². The molecular formula is C17H27N7O. The van der Waals surface area contributed by atoms with Crippen molar-refractivity contribution < 1.29 is 4.79 Å². The Hall–Kier alpha value is -2.25. The minimum absolute atomic E-state index is 0.115. The Morgan fingerprint density at radius 3 is 2.68 bits per heavy atom. The largest absolute Gasteiger partial charge is 0.341 e. The van der Waals surface area contributed by atoms with Crippen molar-refractivity contribution >= 4 is 5.91 Å². The Morgan fingerprint density at radius 1 is 1.28 bits per heavy atom. The third-order valence-corrected chi connectivity index (χ3v) is 4.77. The van der Waals surface area contributed by atoms with Crippen LogP contribution in [0, 0.1) is 11.8 Å². The third kappa shape index (κ3) is 4.43. The highest BCUT2D eigenvalue weighted by atomic mass is 16.2. The lowest BCUT2D eigenvalue weighted by Crippen LogP contribution is -2.42. The molecule has 8 heteroatoms. The highest BCUT2D eigenvalue weighted by Gasteiger charge is 2.27. The minimum Gasteiger partial charge on any atom is -0.341 e. The first-order chi connectivity index (χ1) is 12.0. The number of hydrogen-bond donors (Lipinski definition) is 0. The van der Waals surface area contributed by atoms with Gasteiger partial charge in [-0.1, -0.05) is 19.1 Å². The lowest BCUT2D eigenvalue weighted by Gasteiger charge is -2.33. The smallest absolute Gasteiger partial charge is 0.247 e. The average molecular weight is 345 g/mol. The zero-order valence-corrected chi connectivity index (χ0v) is 15.2. The van der Waals surface area contributed by atoms with Crippen LogP contribution < -0.4 is 0 Å². The molecule has 1 fully saturated rings. The molecule has 3 heterocycles. The molecule has 2 aromatic rings. The average Bonchev–Trinajstić information content (AvgIpc) is 3.26. The summed E-state index contributed by atoms with van der Waals surface area (Å²) in [5.74, 6) is 1.25. The zero-order chi connectivity index (χ0) is 17.8. The van der Waals surface area contributed by atoms with Crippen molar-refractivity contribution in [3.05, 3.63) is 24.5 Å². The Labute approximate surface area is 148 Å². The monoisotopic (exact) mass is 345 g/mol. The summed E-state index contributed by atoms with van der Waals surface area (Å²) in [4.78, 5) is 18.4. The van der Waals surface area contributed by atoms with E-state index in [4.69, 9.17) is 0 Å². The first kappa shape index (κ1) is 17.6. The summed E-state index contributed by atoms with van der Waals surface area (Å²) in [6, 6.07) is -0.298. The van der Waals surface area contributed by atoms with Crippen LogP contribution in [-0.4, -0.2) is 53.7 Å². The molecule has 0 aromatic carbocycles. The van der Waals surface area contributed by atoms with Gasteiger partial charge in [-0.05, 0) is 38.0 Å². The second-order valence-corrected chi connectivity index (χ2v) is 7.35. The summed E-state index contributed by atoms with van der Waals surface area (Å²) in [7, 11) is 0. The fourth-order valence-electron chi connectivity index (χ4n) is 3.33. The van der Waals surface area contributed by atoms with E-state index in [1.807, 2.05) is 16.5 Å². The molecule has 0 spiro atoms. The van der Waals surface area contributed by atoms with Gasteiger partial charge in [0.05, 0.1) is 5.69 Å². The van der Waals surface area contributed by atoms with Gasteiger partial charge < -0.3 is 4.90 Å². The molecule has 0 radical (unpaired) electrons. The summed E-state index contributed by atoms with van der Waals surface area (Å²) in [5.41, 5.74) is 1.06. The van der Waals surface area contributed by atoms with Gasteiger partial charge in [0.15, 0.2) is 0 Å². The van der Waals surface area contributed by atoms with Gasteiger partial charge in [-0.2, -0.15) is 5.10 Å². The number of likely N-dealkylation sites (tertiary alicyclic amines) is 1. The van der Waals surface area contributed by atoms with Crippen molar-refractivity contribution in [3.63, 3.8) is 0 Å². The predicted molar refractivity (Wildman–Crippen MR) is 92.6 cm³/mol. The summed E-state index contributed by atoms with van der Waals surface area (Å²) in [5, 5.41) is 12.6. The Bertz CT molecular complexity index is 671. The molecule has 25 heavy (non-hydrogen) atoms. The van der Waals surface area contributed by atoms with Gasteiger partial charge in [-0.25, -0.2) is 9.67 Å². The maximum atomic E-state index is 12.6. The molecule has 1 aliphatic rings. The van der Waals surface area contributed by atoms with E-state index in [9.17, 15) is 4.79 Å². The van der Waals surface area contributed by atoms with E-state index in [0.29, 0.717) is 11.8 Å². The quantitative estimate of drug-likeness (QED) is 0.794. The Morgan fingerprint density at radius 2 is 2.04 bits per heavy atom. The van der Waals surface area contributed by atoms with Crippen molar-refractivity contribution in [3.8, 4) is 0 Å². The number of carbonyl (C=O) groups is 1. The van der Waals surface area contributed by atoms with Crippen LogP contribution in [-0.2, 0) is 17.8 Å². The van der Waals surface area contributed by atoms with E-state index in [1.54, 1.807) is 11.0 Å². The molecule has 2 aromatic heterocycles. The SMILES string of the molecule is CC(C)Cc1cn(CC2CCN(C(=O)[C@H](C)n3cncn3)CC2)nn1. The fraction of sp³-hybridized carbons (Fsp3) is 0.706. The van der Waals surface area contributed by atoms with Gasteiger partial charge in [0.1, 0.15) is 18.7 Å². The van der Waals surface area contributed by atoms with Crippen molar-refractivity contribution in [1.82, 2.24) is 34.7 Å². The van der Waals surface area contributed by atoms with E-state index in [1.165, 1.54) is 6.33 Å². The normalized spacial score (nSPS) is 17.2. The number of nitrogens with zero attached hydrogens (tertiary/aromatic N) is 7. The molecule has 136 valence electrons. The topological polar surface area (TPSA) is 81.7 Å². The number of carbonyl (C=O) groups excluding carboxylic acids is 1. The molecule has 0 saturated carbocycles. The molecule has 1 amide bonds. The fourth-order valence-corrected chi connectivity index (χ4v) is 3.33. The van der Waals surface area contributed by atoms with E-state index in [2.05, 4.69) is 40.4 Å². The maximum absolute atomic E-state index is 12.6. The molecule has 8 nitrogen and oxygen atoms in total. The second kappa shape index (κ2) is 7.76. The van der Waals surface area contributed by atoms with Crippen molar-refractivity contribution in [2.24, 2.45) is 11.8 Å². The van der Waals surface area contributed by atoms with E-state index >= 15 is 0 Å². The molecular weight excluding hydrogens is 318 g/mol. The van der Waals surface area contributed by atoms with Crippen LogP contribution >= 0.6 is 0 Å². The van der Waals surface area contributed by atoms with Gasteiger partial charge in [0.25, 0.3) is 0 Å². The standard InChI is InChI=1S/C17H27N7O/c1-13(2)8-16-10-23(21-20-16)9-15-4-6-22(7-5-15)17(25)14(3)24-12-18-11-19-24/h10-15H,4-9H2,1-3H3/t14-/m0/s1. The molecule has 0 aliphatic carbocycles. The van der Waals surface area contributed by atoms with Crippen LogP contribution in [0.2, 0.25) is 0 Å². The highest BCUT2D eigenvalue weighted by molar-refractivity contribution is 5.80. The number of hydrogen-bond acceptors (Lipinski definition) is 5. The first-order valence-corrected chi connectivity index (χ1v) is 9.05. The molecule has 3 rings (SSSR count). The van der Waals surface area contributed by atoms with E-state index < -0.39 is 0 Å². The first-order valence-electron chi connectivity index (χ1n) is 9.05. The van der Waals surface area contributed by atoms with Crippen LogP contribution in [0.4, 0.5) is 0 Å². The van der Waals surface area contributed by atoms with Gasteiger partial charge >= 0.3 is 0 Å². The number of piperidine rings is 1. The molecule has 1 saturated heterocycles. The lowest BCUT2D eigenvalue weighted by molar-refractivity contribution is -0.136. The summed E-state index contributed by atoms with van der Waals surface area (Å²) >= 11 is 0. The molecule has 1 atom stereocenters. The van der Waals surface area contributed by atoms with Gasteiger partial charge in [-0.15, -0.1) is 5.10 Å². The zero-order valence-electron chi connectivity index (χ0n) is 15.2. The number of aromatic nitrogens is 6. The van der Waals surface area contributed by atoms with Crippen LogP contribution in [0.3, 0.4) is 0 Å². The van der Waals surface area contributed by atoms with Crippen LogP contribution in [0.15, 0.2) is 18.9 Å². The van der Waals surface area contributed by atoms with Crippen LogP contribution in [0.1, 0.15) is 45.3 Å². The van der Waals surface area contributed by atoms with Gasteiger partial charge in [-0.3, -0.25) is 9.48 Å². The second-order valence-electron chi connectivity index (χ2n) is 7.35. The van der Waals surface area contributed by atoms with Crippen LogP contribution in [0.5, 0.6) is 0 Å². The lowest BCUT2D eigenvalue weighted by atomic mass is 9.96. The van der Waals surface area contributed by atoms with E-state index in [-0.39, 0.29) is 11.9 Å². The highest BCUT2D eigenvalue weighted by Crippen LogP contribution is 2.21. The summed E-state index contributed by atoms with van der Waals surface area (Å²) in [6.45, 7) is 8.70. The maximum Gasteiger partial charge on any atom is 0.247 e. The Kier molecular flexibility index (Phi) is 5.45. The van der Waals surface area contributed by atoms with Crippen molar-refractivity contribution in [2.45, 2.75) is 52.6 Å². The molecule has 0 unspecified atom stereocenters. The minimum atomic E-state index is -0.298. The van der Waals surface area contributed by atoms with Crippen molar-refractivity contribution in [1.29, 1.82) is 0 Å².